The van der Waals surface area contributed by atoms with Crippen LogP contribution < -0.4 is 16.4 Å². The predicted octanol–water partition coefficient (Wildman–Crippen LogP) is 0.0343. The van der Waals surface area contributed by atoms with Gasteiger partial charge in [-0.1, -0.05) is 0 Å². The van der Waals surface area contributed by atoms with Crippen LogP contribution in [0.5, 0.6) is 0 Å². The number of nitrogens with two attached hydrogens (primary N) is 1. The summed E-state index contributed by atoms with van der Waals surface area (Å²) in [5.74, 6) is -0.287. The molecule has 11 heteroatoms. The standard InChI is InChI=1S/C15H22N4O6S/c1-26(23,24)11-2-3-12(13(10-11)19(21)22)17-6-7-18-14(20)15(16)4-8-25-9-5-15/h2-3,10,17H,4-9,16H2,1H3,(H,18,20). The van der Waals surface area contributed by atoms with Gasteiger partial charge in [-0.2, -0.15) is 0 Å². The highest BCUT2D eigenvalue weighted by Crippen LogP contribution is 2.27. The average Bonchev–Trinajstić information content (AvgIpc) is 2.58. The molecule has 0 radical (unpaired) electrons. The van der Waals surface area contributed by atoms with E-state index in [9.17, 15) is 23.3 Å². The van der Waals surface area contributed by atoms with Gasteiger partial charge in [0.2, 0.25) is 5.91 Å². The van der Waals surface area contributed by atoms with E-state index in [2.05, 4.69) is 10.6 Å². The monoisotopic (exact) mass is 386 g/mol. The molecule has 0 bridgehead atoms. The van der Waals surface area contributed by atoms with Crippen LogP contribution in [0.3, 0.4) is 0 Å². The molecule has 10 nitrogen and oxygen atoms in total. The minimum Gasteiger partial charge on any atom is -0.381 e. The first-order chi connectivity index (χ1) is 12.1. The van der Waals surface area contributed by atoms with Crippen molar-refractivity contribution in [3.05, 3.63) is 28.3 Å². The molecule has 0 aromatic heterocycles. The molecule has 0 aliphatic carbocycles. The first-order valence-corrected chi connectivity index (χ1v) is 9.90. The van der Waals surface area contributed by atoms with Crippen LogP contribution in [-0.2, 0) is 19.4 Å². The SMILES string of the molecule is CS(=O)(=O)c1ccc(NCCNC(=O)C2(N)CCOCC2)c([N+](=O)[O-])c1. The van der Waals surface area contributed by atoms with Gasteiger partial charge in [0.25, 0.3) is 5.69 Å². The van der Waals surface area contributed by atoms with Gasteiger partial charge < -0.3 is 21.1 Å². The maximum atomic E-state index is 12.2. The van der Waals surface area contributed by atoms with Crippen molar-refractivity contribution in [3.8, 4) is 0 Å². The second kappa shape index (κ2) is 7.98. The van der Waals surface area contributed by atoms with Gasteiger partial charge in [-0.15, -0.1) is 0 Å². The summed E-state index contributed by atoms with van der Waals surface area (Å²) in [5, 5.41) is 16.7. The van der Waals surface area contributed by atoms with Crippen LogP contribution in [0.2, 0.25) is 0 Å². The maximum Gasteiger partial charge on any atom is 0.293 e. The molecule has 4 N–H and O–H groups in total. The molecule has 0 saturated carbocycles. The van der Waals surface area contributed by atoms with Crippen LogP contribution in [0.25, 0.3) is 0 Å². The van der Waals surface area contributed by atoms with Crippen molar-refractivity contribution >= 4 is 27.1 Å². The number of nitro groups is 1. The summed E-state index contributed by atoms with van der Waals surface area (Å²) in [7, 11) is -3.54. The lowest BCUT2D eigenvalue weighted by Crippen LogP contribution is -2.57. The van der Waals surface area contributed by atoms with Crippen LogP contribution in [0.15, 0.2) is 23.1 Å². The van der Waals surface area contributed by atoms with Gasteiger partial charge in [0.1, 0.15) is 5.69 Å². The van der Waals surface area contributed by atoms with E-state index in [0.29, 0.717) is 26.1 Å². The summed E-state index contributed by atoms with van der Waals surface area (Å²) in [4.78, 5) is 22.5. The second-order valence-electron chi connectivity index (χ2n) is 6.16. The van der Waals surface area contributed by atoms with Crippen molar-refractivity contribution in [1.29, 1.82) is 0 Å². The van der Waals surface area contributed by atoms with E-state index in [1.165, 1.54) is 12.1 Å². The lowest BCUT2D eigenvalue weighted by Gasteiger charge is -2.31. The first kappa shape index (κ1) is 20.1. The van der Waals surface area contributed by atoms with Crippen LogP contribution in [0.4, 0.5) is 11.4 Å². The second-order valence-corrected chi connectivity index (χ2v) is 8.18. The van der Waals surface area contributed by atoms with E-state index in [1.54, 1.807) is 0 Å². The van der Waals surface area contributed by atoms with E-state index in [0.717, 1.165) is 12.3 Å². The molecule has 1 aromatic rings. The minimum absolute atomic E-state index is 0.132. The van der Waals surface area contributed by atoms with Crippen molar-refractivity contribution in [2.45, 2.75) is 23.3 Å². The van der Waals surface area contributed by atoms with E-state index in [1.807, 2.05) is 0 Å². The molecule has 1 aromatic carbocycles. The van der Waals surface area contributed by atoms with E-state index >= 15 is 0 Å². The highest BCUT2D eigenvalue weighted by Gasteiger charge is 2.35. The number of benzene rings is 1. The molecule has 26 heavy (non-hydrogen) atoms. The van der Waals surface area contributed by atoms with Crippen LogP contribution >= 0.6 is 0 Å². The van der Waals surface area contributed by atoms with E-state index in [4.69, 9.17) is 10.5 Å². The molecule has 1 aliphatic heterocycles. The zero-order valence-electron chi connectivity index (χ0n) is 14.4. The molecule has 1 saturated heterocycles. The van der Waals surface area contributed by atoms with Crippen molar-refractivity contribution in [1.82, 2.24) is 5.32 Å². The van der Waals surface area contributed by atoms with Crippen LogP contribution in [0.1, 0.15) is 12.8 Å². The molecule has 1 heterocycles. The number of carbonyl (C=O) groups is 1. The van der Waals surface area contributed by atoms with Gasteiger partial charge in [0, 0.05) is 38.6 Å². The summed E-state index contributed by atoms with van der Waals surface area (Å²) in [5.41, 5.74) is 4.92. The summed E-state index contributed by atoms with van der Waals surface area (Å²) in [6.07, 6.45) is 1.85. The molecule has 0 spiro atoms. The number of hydrogen-bond acceptors (Lipinski definition) is 8. The highest BCUT2D eigenvalue weighted by molar-refractivity contribution is 7.90. The zero-order chi connectivity index (χ0) is 19.4. The normalized spacial score (nSPS) is 16.7. The molecule has 1 fully saturated rings. The lowest BCUT2D eigenvalue weighted by atomic mass is 9.90. The Kier molecular flexibility index (Phi) is 6.16. The van der Waals surface area contributed by atoms with Gasteiger partial charge in [0.05, 0.1) is 15.4 Å². The molecule has 0 atom stereocenters. The topological polar surface area (TPSA) is 154 Å². The molecule has 2 rings (SSSR count). The summed E-state index contributed by atoms with van der Waals surface area (Å²) in [6, 6.07) is 3.63. The smallest absolute Gasteiger partial charge is 0.293 e. The Labute approximate surface area is 151 Å². The fraction of sp³-hybridized carbons (Fsp3) is 0.533. The third-order valence-corrected chi connectivity index (χ3v) is 5.27. The molecular weight excluding hydrogens is 364 g/mol. The number of nitrogens with zero attached hydrogens (tertiary/aromatic N) is 1. The largest absolute Gasteiger partial charge is 0.381 e. The lowest BCUT2D eigenvalue weighted by molar-refractivity contribution is -0.384. The molecular formula is C15H22N4O6S. The number of ether oxygens (including phenoxy) is 1. The van der Waals surface area contributed by atoms with Gasteiger partial charge >= 0.3 is 0 Å². The fourth-order valence-electron chi connectivity index (χ4n) is 2.55. The van der Waals surface area contributed by atoms with Gasteiger partial charge in [-0.3, -0.25) is 14.9 Å². The number of nitro benzene ring substituents is 1. The Morgan fingerprint density at radius 2 is 2.00 bits per heavy atom. The van der Waals surface area contributed by atoms with Gasteiger partial charge in [0.15, 0.2) is 9.84 Å². The van der Waals surface area contributed by atoms with E-state index in [-0.39, 0.29) is 35.3 Å². The quantitative estimate of drug-likeness (QED) is 0.337. The fourth-order valence-corrected chi connectivity index (χ4v) is 3.20. The van der Waals surface area contributed by atoms with Crippen molar-refractivity contribution in [2.75, 3.05) is 37.9 Å². The molecule has 1 aliphatic rings. The number of carbonyl (C=O) groups excluding carboxylic acids is 1. The van der Waals surface area contributed by atoms with Gasteiger partial charge in [-0.25, -0.2) is 8.42 Å². The number of amides is 1. The molecule has 0 unspecified atom stereocenters. The van der Waals surface area contributed by atoms with Crippen LogP contribution in [-0.4, -0.2) is 57.3 Å². The number of nitrogens with one attached hydrogen (secondary N) is 2. The highest BCUT2D eigenvalue weighted by atomic mass is 32.2. The number of rotatable bonds is 7. The summed E-state index contributed by atoms with van der Waals surface area (Å²) in [6.45, 7) is 1.29. The van der Waals surface area contributed by atoms with Crippen molar-refractivity contribution in [3.63, 3.8) is 0 Å². The summed E-state index contributed by atoms with van der Waals surface area (Å²) >= 11 is 0. The van der Waals surface area contributed by atoms with Crippen molar-refractivity contribution < 1.29 is 22.9 Å². The number of anilines is 1. The maximum absolute atomic E-state index is 12.2. The summed E-state index contributed by atoms with van der Waals surface area (Å²) < 4.78 is 28.2. The Hall–Kier alpha value is -2.24. The first-order valence-electron chi connectivity index (χ1n) is 8.01. The average molecular weight is 386 g/mol. The zero-order valence-corrected chi connectivity index (χ0v) is 15.2. The Balaban J connectivity index is 1.95. The Morgan fingerprint density at radius 1 is 1.35 bits per heavy atom. The third kappa shape index (κ3) is 4.90. The third-order valence-electron chi connectivity index (χ3n) is 4.16. The molecule has 1 amide bonds. The van der Waals surface area contributed by atoms with Crippen LogP contribution in [0, 0.1) is 10.1 Å². The Morgan fingerprint density at radius 3 is 2.58 bits per heavy atom. The Bertz CT molecular complexity index is 789. The molecule has 144 valence electrons. The number of hydrogen-bond donors (Lipinski definition) is 3. The predicted molar refractivity (Wildman–Crippen MR) is 94.7 cm³/mol. The number of sulfone groups is 1. The minimum atomic E-state index is -3.54. The van der Waals surface area contributed by atoms with Gasteiger partial charge in [-0.05, 0) is 25.0 Å². The van der Waals surface area contributed by atoms with E-state index < -0.39 is 20.3 Å². The van der Waals surface area contributed by atoms with Crippen molar-refractivity contribution in [2.24, 2.45) is 5.73 Å².